The highest BCUT2D eigenvalue weighted by molar-refractivity contribution is 5.18. The van der Waals surface area contributed by atoms with Crippen molar-refractivity contribution in [2.75, 3.05) is 26.4 Å². The molecule has 2 fully saturated rings. The van der Waals surface area contributed by atoms with E-state index < -0.39 is 0 Å². The second-order valence-electron chi connectivity index (χ2n) is 6.58. The van der Waals surface area contributed by atoms with Crippen molar-refractivity contribution in [3.05, 3.63) is 35.9 Å². The summed E-state index contributed by atoms with van der Waals surface area (Å²) in [5, 5.41) is 3.74. The number of benzene rings is 1. The van der Waals surface area contributed by atoms with Crippen LogP contribution in [0, 0.1) is 0 Å². The summed E-state index contributed by atoms with van der Waals surface area (Å²) < 4.78 is 11.5. The molecule has 0 aliphatic carbocycles. The second-order valence-corrected chi connectivity index (χ2v) is 6.58. The van der Waals surface area contributed by atoms with Crippen LogP contribution in [0.5, 0.6) is 0 Å². The van der Waals surface area contributed by atoms with Gasteiger partial charge in [0.2, 0.25) is 0 Å². The van der Waals surface area contributed by atoms with Crippen LogP contribution in [0.25, 0.3) is 0 Å². The molecule has 0 radical (unpaired) electrons. The molecule has 2 aliphatic rings. The predicted molar refractivity (Wildman–Crippen MR) is 84.6 cm³/mol. The molecule has 3 heteroatoms. The van der Waals surface area contributed by atoms with Crippen LogP contribution in [0.4, 0.5) is 0 Å². The van der Waals surface area contributed by atoms with Crippen LogP contribution < -0.4 is 5.32 Å². The van der Waals surface area contributed by atoms with Gasteiger partial charge in [-0.2, -0.15) is 0 Å². The van der Waals surface area contributed by atoms with Gasteiger partial charge in [0.15, 0.2) is 0 Å². The first-order chi connectivity index (χ1) is 10.3. The molecule has 3 nitrogen and oxygen atoms in total. The van der Waals surface area contributed by atoms with E-state index in [1.165, 1.54) is 12.0 Å². The van der Waals surface area contributed by atoms with E-state index in [-0.39, 0.29) is 5.60 Å². The lowest BCUT2D eigenvalue weighted by molar-refractivity contribution is -0.0892. The highest BCUT2D eigenvalue weighted by atomic mass is 16.6. The fourth-order valence-electron chi connectivity index (χ4n) is 3.52. The highest BCUT2D eigenvalue weighted by Crippen LogP contribution is 2.32. The summed E-state index contributed by atoms with van der Waals surface area (Å²) in [6.45, 7) is 5.91. The molecule has 1 N–H and O–H groups in total. The van der Waals surface area contributed by atoms with Crippen LogP contribution in [-0.4, -0.2) is 38.0 Å². The first-order valence-electron chi connectivity index (χ1n) is 8.27. The zero-order valence-corrected chi connectivity index (χ0v) is 13.0. The number of nitrogens with one attached hydrogen (secondary N) is 1. The van der Waals surface area contributed by atoms with Gasteiger partial charge in [0.05, 0.1) is 12.2 Å². The van der Waals surface area contributed by atoms with Gasteiger partial charge in [-0.25, -0.2) is 0 Å². The monoisotopic (exact) mass is 289 g/mol. The van der Waals surface area contributed by atoms with Crippen molar-refractivity contribution >= 4 is 0 Å². The third kappa shape index (κ3) is 3.85. The van der Waals surface area contributed by atoms with E-state index in [9.17, 15) is 0 Å². The summed E-state index contributed by atoms with van der Waals surface area (Å²) in [4.78, 5) is 0. The molecule has 3 atom stereocenters. The minimum atomic E-state index is 0.0148. The molecular weight excluding hydrogens is 262 g/mol. The summed E-state index contributed by atoms with van der Waals surface area (Å²) in [5.74, 6) is 0.613. The number of ether oxygens (including phenoxy) is 2. The normalized spacial score (nSPS) is 30.6. The van der Waals surface area contributed by atoms with Crippen molar-refractivity contribution in [1.82, 2.24) is 5.32 Å². The van der Waals surface area contributed by atoms with E-state index in [0.29, 0.717) is 12.0 Å². The molecule has 0 saturated carbocycles. The van der Waals surface area contributed by atoms with Crippen LogP contribution >= 0.6 is 0 Å². The molecular formula is C18H27NO2. The van der Waals surface area contributed by atoms with Crippen molar-refractivity contribution in [2.45, 2.75) is 50.2 Å². The quantitative estimate of drug-likeness (QED) is 0.903. The molecule has 116 valence electrons. The number of hydrogen-bond acceptors (Lipinski definition) is 3. The molecule has 3 unspecified atom stereocenters. The Hall–Kier alpha value is -0.900. The third-order valence-corrected chi connectivity index (χ3v) is 4.94. The second kappa shape index (κ2) is 6.91. The van der Waals surface area contributed by atoms with Gasteiger partial charge in [-0.15, -0.1) is 0 Å². The maximum Gasteiger partial charge on any atom is 0.0951 e. The maximum atomic E-state index is 5.99. The Balaban J connectivity index is 1.43. The van der Waals surface area contributed by atoms with Crippen LogP contribution in [0.3, 0.4) is 0 Å². The summed E-state index contributed by atoms with van der Waals surface area (Å²) >= 11 is 0. The molecule has 2 aliphatic heterocycles. The molecule has 1 aromatic carbocycles. The molecule has 2 heterocycles. The van der Waals surface area contributed by atoms with E-state index in [4.69, 9.17) is 9.47 Å². The van der Waals surface area contributed by atoms with E-state index in [1.807, 2.05) is 0 Å². The first-order valence-corrected chi connectivity index (χ1v) is 8.27. The summed E-state index contributed by atoms with van der Waals surface area (Å²) in [6.07, 6.45) is 4.48. The van der Waals surface area contributed by atoms with Gasteiger partial charge in [-0.3, -0.25) is 0 Å². The minimum absolute atomic E-state index is 0.0148. The Kier molecular flexibility index (Phi) is 4.94. The summed E-state index contributed by atoms with van der Waals surface area (Å²) in [7, 11) is 0. The average molecular weight is 289 g/mol. The Morgan fingerprint density at radius 1 is 1.29 bits per heavy atom. The van der Waals surface area contributed by atoms with Gasteiger partial charge in [0.1, 0.15) is 0 Å². The fourth-order valence-corrected chi connectivity index (χ4v) is 3.52. The maximum absolute atomic E-state index is 5.99. The smallest absolute Gasteiger partial charge is 0.0951 e. The van der Waals surface area contributed by atoms with E-state index in [1.54, 1.807) is 0 Å². The van der Waals surface area contributed by atoms with Crippen molar-refractivity contribution in [2.24, 2.45) is 0 Å². The van der Waals surface area contributed by atoms with Crippen LogP contribution in [-0.2, 0) is 9.47 Å². The van der Waals surface area contributed by atoms with Crippen molar-refractivity contribution in [1.29, 1.82) is 0 Å². The van der Waals surface area contributed by atoms with Crippen molar-refractivity contribution in [3.63, 3.8) is 0 Å². The number of hydrogen-bond donors (Lipinski definition) is 1. The van der Waals surface area contributed by atoms with Crippen molar-refractivity contribution in [3.8, 4) is 0 Å². The highest BCUT2D eigenvalue weighted by Gasteiger charge is 2.40. The SMILES string of the molecule is CC(CCNC1CCOC2(CCOC2)C1)c1ccccc1. The zero-order chi connectivity index (χ0) is 14.5. The molecule has 0 bridgehead atoms. The molecule has 3 rings (SSSR count). The standard InChI is InChI=1S/C18H27NO2/c1-15(16-5-3-2-4-6-16)7-10-19-17-8-11-21-18(13-17)9-12-20-14-18/h2-6,15,17,19H,7-14H2,1H3. The first kappa shape index (κ1) is 15.0. The molecule has 0 aromatic heterocycles. The minimum Gasteiger partial charge on any atom is -0.378 e. The van der Waals surface area contributed by atoms with Gasteiger partial charge in [0, 0.05) is 25.7 Å². The lowest BCUT2D eigenvalue weighted by Gasteiger charge is -2.37. The van der Waals surface area contributed by atoms with Gasteiger partial charge in [-0.1, -0.05) is 37.3 Å². The molecule has 21 heavy (non-hydrogen) atoms. The topological polar surface area (TPSA) is 30.5 Å². The van der Waals surface area contributed by atoms with E-state index in [0.717, 1.165) is 45.6 Å². The molecule has 1 spiro atoms. The lowest BCUT2D eigenvalue weighted by Crippen LogP contribution is -2.47. The molecule has 2 saturated heterocycles. The Morgan fingerprint density at radius 2 is 2.14 bits per heavy atom. The fraction of sp³-hybridized carbons (Fsp3) is 0.667. The van der Waals surface area contributed by atoms with Gasteiger partial charge in [0.25, 0.3) is 0 Å². The predicted octanol–water partition coefficient (Wildman–Crippen LogP) is 3.11. The van der Waals surface area contributed by atoms with E-state index in [2.05, 4.69) is 42.6 Å². The van der Waals surface area contributed by atoms with Crippen LogP contribution in [0.1, 0.15) is 44.1 Å². The summed E-state index contributed by atoms with van der Waals surface area (Å²) in [5.41, 5.74) is 1.45. The average Bonchev–Trinajstić information content (AvgIpc) is 2.96. The Morgan fingerprint density at radius 3 is 2.90 bits per heavy atom. The van der Waals surface area contributed by atoms with Crippen LogP contribution in [0.15, 0.2) is 30.3 Å². The Labute approximate surface area is 128 Å². The summed E-state index contributed by atoms with van der Waals surface area (Å²) in [6, 6.07) is 11.4. The van der Waals surface area contributed by atoms with Gasteiger partial charge < -0.3 is 14.8 Å². The van der Waals surface area contributed by atoms with E-state index >= 15 is 0 Å². The zero-order valence-electron chi connectivity index (χ0n) is 13.0. The van der Waals surface area contributed by atoms with Crippen molar-refractivity contribution < 1.29 is 9.47 Å². The number of rotatable bonds is 5. The Bertz CT molecular complexity index is 428. The van der Waals surface area contributed by atoms with Crippen LogP contribution in [0.2, 0.25) is 0 Å². The molecule has 1 aromatic rings. The lowest BCUT2D eigenvalue weighted by atomic mass is 9.89. The molecule has 0 amide bonds. The van der Waals surface area contributed by atoms with Gasteiger partial charge >= 0.3 is 0 Å². The van der Waals surface area contributed by atoms with Gasteiger partial charge in [-0.05, 0) is 37.3 Å². The largest absolute Gasteiger partial charge is 0.378 e. The third-order valence-electron chi connectivity index (χ3n) is 4.94.